The second-order valence-corrected chi connectivity index (χ2v) is 10.4. The minimum atomic E-state index is -5.64. The Labute approximate surface area is 195 Å². The van der Waals surface area contributed by atoms with Gasteiger partial charge in [-0.1, -0.05) is 12.1 Å². The molecule has 5 rings (SSSR count). The Morgan fingerprint density at radius 1 is 0.824 bits per heavy atom. The van der Waals surface area contributed by atoms with Gasteiger partial charge in [0.25, 0.3) is 0 Å². The van der Waals surface area contributed by atoms with E-state index in [1.807, 2.05) is 12.1 Å². The fraction of sp³-hybridized carbons (Fsp3) is 0.333. The molecule has 0 saturated heterocycles. The summed E-state index contributed by atoms with van der Waals surface area (Å²) in [5, 5.41) is 18.6. The van der Waals surface area contributed by atoms with Crippen molar-refractivity contribution < 1.29 is 26.3 Å². The Bertz CT molecular complexity index is 1370. The molecule has 174 valence electrons. The van der Waals surface area contributed by atoms with Crippen molar-refractivity contribution in [1.29, 1.82) is 10.5 Å². The third-order valence-electron chi connectivity index (χ3n) is 7.49. The van der Waals surface area contributed by atoms with Gasteiger partial charge in [0.1, 0.15) is 11.8 Å². The fourth-order valence-electron chi connectivity index (χ4n) is 5.32. The number of allylic oxidation sites excluding steroid dienone is 4. The normalized spacial score (nSPS) is 31.9. The summed E-state index contributed by atoms with van der Waals surface area (Å²) in [5.41, 5.74) is -4.22. The Balaban J connectivity index is 1.87. The lowest BCUT2D eigenvalue weighted by atomic mass is 9.67. The van der Waals surface area contributed by atoms with E-state index in [4.69, 9.17) is 5.26 Å². The van der Waals surface area contributed by atoms with Crippen LogP contribution < -0.4 is 0 Å². The maximum Gasteiger partial charge on any atom is 0.380 e. The molecular formula is C24H15F6N3S. The molecule has 1 aromatic rings. The van der Waals surface area contributed by atoms with Gasteiger partial charge in [0.05, 0.1) is 21.9 Å². The van der Waals surface area contributed by atoms with E-state index in [9.17, 15) is 14.0 Å². The average molecular weight is 491 g/mol. The van der Waals surface area contributed by atoms with Gasteiger partial charge in [0.15, 0.2) is 0 Å². The minimum Gasteiger partial charge on any atom is -0.355 e. The summed E-state index contributed by atoms with van der Waals surface area (Å²) in [5.74, 6) is -15.9. The minimum absolute atomic E-state index is 0.0893. The summed E-state index contributed by atoms with van der Waals surface area (Å²) >= 11 is 1.08. The summed E-state index contributed by atoms with van der Waals surface area (Å²) in [6.45, 7) is 3.04. The number of nitriles is 2. The maximum absolute atomic E-state index is 15.2. The molecule has 0 spiro atoms. The van der Waals surface area contributed by atoms with Crippen LogP contribution in [-0.4, -0.2) is 40.0 Å². The average Bonchev–Trinajstić information content (AvgIpc) is 3.31. The Morgan fingerprint density at radius 3 is 1.91 bits per heavy atom. The van der Waals surface area contributed by atoms with Crippen molar-refractivity contribution in [2.45, 2.75) is 41.9 Å². The number of halogens is 6. The second kappa shape index (κ2) is 6.31. The number of alkyl halides is 6. The predicted octanol–water partition coefficient (Wildman–Crippen LogP) is 6.04. The van der Waals surface area contributed by atoms with E-state index >= 15 is 17.6 Å². The number of likely N-dealkylation sites (N-methyl/N-ethyl adjacent to an activating group) is 1. The monoisotopic (exact) mass is 491 g/mol. The van der Waals surface area contributed by atoms with Gasteiger partial charge < -0.3 is 4.90 Å². The van der Waals surface area contributed by atoms with Crippen LogP contribution >= 0.6 is 11.8 Å². The number of hydrogen-bond acceptors (Lipinski definition) is 4. The highest BCUT2D eigenvalue weighted by molar-refractivity contribution is 8.10. The molecule has 2 atom stereocenters. The number of nitrogens with zero attached hydrogens (tertiary/aromatic N) is 3. The zero-order valence-electron chi connectivity index (χ0n) is 18.0. The second-order valence-electron chi connectivity index (χ2n) is 8.91. The van der Waals surface area contributed by atoms with Crippen molar-refractivity contribution in [3.63, 3.8) is 0 Å². The molecule has 0 amide bonds. The van der Waals surface area contributed by atoms with E-state index in [1.54, 1.807) is 19.1 Å². The SMILES string of the molecule is CN1C(C#N)=CC2=C3C(=C4C=C(c5ccc(C#N)cc5)SC4(C)C21C)C(F)(F)C(F)(F)C3(F)F. The van der Waals surface area contributed by atoms with Crippen molar-refractivity contribution in [3.05, 3.63) is 75.5 Å². The van der Waals surface area contributed by atoms with Gasteiger partial charge in [-0.2, -0.15) is 36.9 Å². The van der Waals surface area contributed by atoms with Crippen LogP contribution in [0.4, 0.5) is 26.3 Å². The summed E-state index contributed by atoms with van der Waals surface area (Å²) in [6, 6.07) is 10.00. The molecule has 0 N–H and O–H groups in total. The first-order valence-electron chi connectivity index (χ1n) is 10.1. The van der Waals surface area contributed by atoms with E-state index in [0.29, 0.717) is 16.0 Å². The molecule has 34 heavy (non-hydrogen) atoms. The molecule has 0 aromatic heterocycles. The van der Waals surface area contributed by atoms with E-state index in [1.165, 1.54) is 37.1 Å². The van der Waals surface area contributed by atoms with Crippen molar-refractivity contribution in [3.8, 4) is 12.1 Å². The number of hydrogen-bond donors (Lipinski definition) is 0. The molecule has 0 bridgehead atoms. The van der Waals surface area contributed by atoms with Crippen LogP contribution in [0.15, 0.2) is 64.4 Å². The van der Waals surface area contributed by atoms with Crippen LogP contribution in [0.2, 0.25) is 0 Å². The van der Waals surface area contributed by atoms with Gasteiger partial charge in [-0.3, -0.25) is 0 Å². The lowest BCUT2D eigenvalue weighted by Gasteiger charge is -2.51. The zero-order valence-corrected chi connectivity index (χ0v) is 18.8. The van der Waals surface area contributed by atoms with Crippen molar-refractivity contribution >= 4 is 16.7 Å². The summed E-state index contributed by atoms with van der Waals surface area (Å²) in [4.78, 5) is 1.80. The number of rotatable bonds is 1. The molecule has 3 nitrogen and oxygen atoms in total. The van der Waals surface area contributed by atoms with Gasteiger partial charge in [-0.15, -0.1) is 11.8 Å². The molecule has 1 saturated carbocycles. The molecule has 2 unspecified atom stereocenters. The van der Waals surface area contributed by atoms with E-state index in [-0.39, 0.29) is 11.3 Å². The molecule has 1 fully saturated rings. The molecule has 0 radical (unpaired) electrons. The molecule has 2 aliphatic heterocycles. The van der Waals surface area contributed by atoms with Crippen molar-refractivity contribution in [2.75, 3.05) is 7.05 Å². The van der Waals surface area contributed by atoms with E-state index in [0.717, 1.165) is 17.8 Å². The smallest absolute Gasteiger partial charge is 0.355 e. The van der Waals surface area contributed by atoms with Crippen LogP contribution in [0.3, 0.4) is 0 Å². The fourth-order valence-corrected chi connectivity index (χ4v) is 6.91. The molecule has 1 aromatic carbocycles. The lowest BCUT2D eigenvalue weighted by molar-refractivity contribution is -0.258. The molecule has 4 aliphatic rings. The van der Waals surface area contributed by atoms with Gasteiger partial charge in [0, 0.05) is 23.1 Å². The van der Waals surface area contributed by atoms with Crippen LogP contribution in [0.25, 0.3) is 4.91 Å². The predicted molar refractivity (Wildman–Crippen MR) is 114 cm³/mol. The third-order valence-corrected chi connectivity index (χ3v) is 9.09. The summed E-state index contributed by atoms with van der Waals surface area (Å²) in [6.07, 6.45) is 2.27. The van der Waals surface area contributed by atoms with E-state index in [2.05, 4.69) is 0 Å². The van der Waals surface area contributed by atoms with E-state index < -0.39 is 44.8 Å². The standard InChI is InChI=1S/C24H15F6N3S/c1-20-15(8-14(11-32)33(20)3)18-19(23(27,28)24(29,30)22(18,25)26)16-9-17(34-21(16,20)2)13-6-4-12(10-31)5-7-13/h4-9H,1-3H3. The number of thioether (sulfide) groups is 1. The van der Waals surface area contributed by atoms with Crippen LogP contribution in [-0.2, 0) is 0 Å². The first-order valence-corrected chi connectivity index (χ1v) is 10.9. The highest BCUT2D eigenvalue weighted by Gasteiger charge is 2.84. The van der Waals surface area contributed by atoms with Crippen molar-refractivity contribution in [2.24, 2.45) is 0 Å². The number of fused-ring (bicyclic) bond motifs is 4. The maximum atomic E-state index is 15.2. The largest absolute Gasteiger partial charge is 0.380 e. The zero-order chi connectivity index (χ0) is 25.1. The molecular weight excluding hydrogens is 476 g/mol. The molecule has 2 aliphatic carbocycles. The first-order chi connectivity index (χ1) is 15.7. The Hall–Kier alpha value is -3.11. The quantitative estimate of drug-likeness (QED) is 0.450. The van der Waals surface area contributed by atoms with Crippen LogP contribution in [0.5, 0.6) is 0 Å². The molecule has 2 heterocycles. The van der Waals surface area contributed by atoms with Crippen LogP contribution in [0.1, 0.15) is 25.0 Å². The highest BCUT2D eigenvalue weighted by atomic mass is 32.2. The van der Waals surface area contributed by atoms with Crippen molar-refractivity contribution in [1.82, 2.24) is 4.90 Å². The first kappa shape index (κ1) is 22.7. The third kappa shape index (κ3) is 2.21. The summed E-state index contributed by atoms with van der Waals surface area (Å²) < 4.78 is 88.3. The van der Waals surface area contributed by atoms with Gasteiger partial charge in [0.2, 0.25) is 0 Å². The lowest BCUT2D eigenvalue weighted by Crippen LogP contribution is -2.58. The van der Waals surface area contributed by atoms with Gasteiger partial charge in [-0.05, 0) is 54.8 Å². The Morgan fingerprint density at radius 2 is 1.38 bits per heavy atom. The summed E-state index contributed by atoms with van der Waals surface area (Å²) in [7, 11) is 1.46. The topological polar surface area (TPSA) is 50.8 Å². The van der Waals surface area contributed by atoms with Gasteiger partial charge >= 0.3 is 17.8 Å². The molecule has 10 heteroatoms. The Kier molecular flexibility index (Phi) is 4.21. The van der Waals surface area contributed by atoms with Gasteiger partial charge in [-0.25, -0.2) is 0 Å². The highest BCUT2D eigenvalue weighted by Crippen LogP contribution is 2.72. The number of benzene rings is 1. The van der Waals surface area contributed by atoms with Crippen LogP contribution in [0, 0.1) is 22.7 Å².